The van der Waals surface area contributed by atoms with Crippen molar-refractivity contribution in [2.24, 2.45) is 0 Å². The van der Waals surface area contributed by atoms with Crippen LogP contribution in [0.4, 0.5) is 0 Å². The highest BCUT2D eigenvalue weighted by Crippen LogP contribution is 2.30. The molecule has 1 aromatic heterocycles. The quantitative estimate of drug-likeness (QED) is 0.702. The Hall–Kier alpha value is -1.15. The molecule has 0 fully saturated rings. The number of aromatic nitrogens is 1. The Morgan fingerprint density at radius 2 is 1.47 bits per heavy atom. The second-order valence-corrected chi connectivity index (χ2v) is 6.69. The Kier molecular flexibility index (Phi) is 4.10. The molecule has 0 bridgehead atoms. The van der Waals surface area contributed by atoms with Crippen LogP contribution in [0.1, 0.15) is 61.9 Å². The van der Waals surface area contributed by atoms with Crippen LogP contribution in [0.3, 0.4) is 0 Å². The second-order valence-electron chi connectivity index (χ2n) is 5.97. The molecule has 0 aliphatic carbocycles. The molecular weight excluding hydrogens is 250 g/mol. The summed E-state index contributed by atoms with van der Waals surface area (Å²) in [6.45, 7) is 13.5. The van der Waals surface area contributed by atoms with Crippen LogP contribution in [0.5, 0.6) is 0 Å². The molecule has 0 aliphatic rings. The van der Waals surface area contributed by atoms with Crippen LogP contribution in [0, 0.1) is 13.8 Å². The van der Waals surface area contributed by atoms with Crippen LogP contribution in [-0.2, 0) is 0 Å². The first-order chi connectivity index (χ1) is 8.91. The van der Waals surface area contributed by atoms with E-state index in [2.05, 4.69) is 69.1 Å². The SMILES string of the molecule is Cc1cc(C(C)C)c(-[n+]2cscc2C)c(C(C)C)c1. The number of thiazole rings is 1. The van der Waals surface area contributed by atoms with E-state index in [1.165, 1.54) is 28.1 Å². The number of hydrogen-bond donors (Lipinski definition) is 0. The van der Waals surface area contributed by atoms with Crippen molar-refractivity contribution in [1.82, 2.24) is 0 Å². The second kappa shape index (κ2) is 5.46. The maximum atomic E-state index is 2.36. The standard InChI is InChI=1S/C17H24NS/c1-11(2)15-7-13(5)8-16(12(3)4)17(15)18-10-19-9-14(18)6/h7-12H,1-6H3/q+1. The fourth-order valence-corrected chi connectivity index (χ4v) is 3.32. The smallest absolute Gasteiger partial charge is 0.154 e. The van der Waals surface area contributed by atoms with E-state index in [4.69, 9.17) is 0 Å². The molecule has 0 amide bonds. The highest BCUT2D eigenvalue weighted by molar-refractivity contribution is 7.07. The van der Waals surface area contributed by atoms with Crippen molar-refractivity contribution in [3.63, 3.8) is 0 Å². The predicted octanol–water partition coefficient (Wildman–Crippen LogP) is 4.89. The van der Waals surface area contributed by atoms with Crippen molar-refractivity contribution >= 4 is 11.3 Å². The Morgan fingerprint density at radius 3 is 1.84 bits per heavy atom. The zero-order chi connectivity index (χ0) is 14.2. The average molecular weight is 274 g/mol. The molecule has 0 aliphatic heterocycles. The topological polar surface area (TPSA) is 3.88 Å². The minimum atomic E-state index is 0.541. The fraction of sp³-hybridized carbons (Fsp3) is 0.471. The van der Waals surface area contributed by atoms with Crippen molar-refractivity contribution in [2.75, 3.05) is 0 Å². The van der Waals surface area contributed by atoms with E-state index in [0.717, 1.165) is 0 Å². The van der Waals surface area contributed by atoms with Gasteiger partial charge in [-0.25, -0.2) is 0 Å². The van der Waals surface area contributed by atoms with Crippen LogP contribution < -0.4 is 4.57 Å². The molecule has 1 nitrogen and oxygen atoms in total. The minimum absolute atomic E-state index is 0.541. The summed E-state index contributed by atoms with van der Waals surface area (Å²) in [5.41, 5.74) is 9.21. The van der Waals surface area contributed by atoms with Gasteiger partial charge in [-0.2, -0.15) is 4.57 Å². The van der Waals surface area contributed by atoms with Gasteiger partial charge in [0.2, 0.25) is 11.2 Å². The third kappa shape index (κ3) is 2.74. The van der Waals surface area contributed by atoms with Crippen LogP contribution in [0.25, 0.3) is 5.69 Å². The van der Waals surface area contributed by atoms with E-state index in [-0.39, 0.29) is 0 Å². The Morgan fingerprint density at radius 1 is 0.947 bits per heavy atom. The average Bonchev–Trinajstić information content (AvgIpc) is 2.74. The molecule has 2 heteroatoms. The summed E-state index contributed by atoms with van der Waals surface area (Å²) in [4.78, 5) is 0. The number of benzene rings is 1. The summed E-state index contributed by atoms with van der Waals surface area (Å²) in [7, 11) is 0. The number of hydrogen-bond acceptors (Lipinski definition) is 1. The van der Waals surface area contributed by atoms with E-state index < -0.39 is 0 Å². The lowest BCUT2D eigenvalue weighted by Crippen LogP contribution is -2.34. The van der Waals surface area contributed by atoms with Crippen LogP contribution in [-0.4, -0.2) is 0 Å². The first kappa shape index (κ1) is 14.3. The highest BCUT2D eigenvalue weighted by Gasteiger charge is 2.24. The van der Waals surface area contributed by atoms with Gasteiger partial charge in [0, 0.05) is 18.1 Å². The van der Waals surface area contributed by atoms with Crippen molar-refractivity contribution in [3.05, 3.63) is 45.4 Å². The molecular formula is C17H24NS+. The van der Waals surface area contributed by atoms with Crippen molar-refractivity contribution in [2.45, 2.75) is 53.4 Å². The van der Waals surface area contributed by atoms with E-state index >= 15 is 0 Å². The van der Waals surface area contributed by atoms with Gasteiger partial charge >= 0.3 is 0 Å². The molecule has 0 unspecified atom stereocenters. The molecule has 1 aromatic carbocycles. The van der Waals surface area contributed by atoms with Gasteiger partial charge in [-0.1, -0.05) is 44.6 Å². The van der Waals surface area contributed by atoms with Crippen LogP contribution >= 0.6 is 11.3 Å². The maximum absolute atomic E-state index is 2.36. The van der Waals surface area contributed by atoms with E-state index in [1.54, 1.807) is 11.3 Å². The summed E-state index contributed by atoms with van der Waals surface area (Å²) in [6.07, 6.45) is 0. The van der Waals surface area contributed by atoms with Gasteiger partial charge in [0.25, 0.3) is 0 Å². The lowest BCUT2D eigenvalue weighted by molar-refractivity contribution is -0.598. The molecule has 0 saturated heterocycles. The van der Waals surface area contributed by atoms with Gasteiger partial charge in [-0.3, -0.25) is 0 Å². The zero-order valence-electron chi connectivity index (χ0n) is 12.8. The lowest BCUT2D eigenvalue weighted by atomic mass is 9.90. The largest absolute Gasteiger partial charge is 0.230 e. The van der Waals surface area contributed by atoms with E-state index in [0.29, 0.717) is 11.8 Å². The molecule has 19 heavy (non-hydrogen) atoms. The minimum Gasteiger partial charge on any atom is -0.154 e. The third-order valence-electron chi connectivity index (χ3n) is 3.58. The predicted molar refractivity (Wildman–Crippen MR) is 83.5 cm³/mol. The van der Waals surface area contributed by atoms with Crippen molar-refractivity contribution < 1.29 is 4.57 Å². The molecule has 0 radical (unpaired) electrons. The van der Waals surface area contributed by atoms with Gasteiger partial charge < -0.3 is 0 Å². The number of rotatable bonds is 3. The monoisotopic (exact) mass is 274 g/mol. The molecule has 0 saturated carbocycles. The van der Waals surface area contributed by atoms with E-state index in [9.17, 15) is 0 Å². The van der Waals surface area contributed by atoms with E-state index in [1.807, 2.05) is 0 Å². The molecule has 0 spiro atoms. The first-order valence-corrected chi connectivity index (χ1v) is 7.95. The normalized spacial score (nSPS) is 11.6. The number of aryl methyl sites for hydroxylation is 2. The molecule has 2 aromatic rings. The van der Waals surface area contributed by atoms with Gasteiger partial charge in [0.05, 0.1) is 5.38 Å². The Labute approximate surface area is 120 Å². The maximum Gasteiger partial charge on any atom is 0.230 e. The van der Waals surface area contributed by atoms with Gasteiger partial charge in [-0.05, 0) is 30.9 Å². The zero-order valence-corrected chi connectivity index (χ0v) is 13.6. The fourth-order valence-electron chi connectivity index (χ4n) is 2.55. The summed E-state index contributed by atoms with van der Waals surface area (Å²) in [6, 6.07) is 4.69. The third-order valence-corrected chi connectivity index (χ3v) is 4.39. The Balaban J connectivity index is 2.78. The molecule has 2 rings (SSSR count). The summed E-state index contributed by atoms with van der Waals surface area (Å²) in [5, 5.41) is 2.22. The first-order valence-electron chi connectivity index (χ1n) is 7.01. The van der Waals surface area contributed by atoms with Crippen molar-refractivity contribution in [3.8, 4) is 5.69 Å². The highest BCUT2D eigenvalue weighted by atomic mass is 32.1. The summed E-state index contributed by atoms with van der Waals surface area (Å²) < 4.78 is 2.36. The molecule has 1 heterocycles. The van der Waals surface area contributed by atoms with Crippen LogP contribution in [0.2, 0.25) is 0 Å². The van der Waals surface area contributed by atoms with Gasteiger partial charge in [-0.15, -0.1) is 0 Å². The van der Waals surface area contributed by atoms with Gasteiger partial charge in [0.15, 0.2) is 5.69 Å². The molecule has 0 N–H and O–H groups in total. The van der Waals surface area contributed by atoms with Crippen LogP contribution in [0.15, 0.2) is 23.0 Å². The molecule has 0 atom stereocenters. The summed E-state index contributed by atoms with van der Waals surface area (Å²) in [5.74, 6) is 1.08. The number of nitrogens with zero attached hydrogens (tertiary/aromatic N) is 1. The molecule has 102 valence electrons. The van der Waals surface area contributed by atoms with Gasteiger partial charge in [0.1, 0.15) is 0 Å². The van der Waals surface area contributed by atoms with Crippen molar-refractivity contribution in [1.29, 1.82) is 0 Å². The Bertz CT molecular complexity index is 550. The lowest BCUT2D eigenvalue weighted by Gasteiger charge is -2.16. The summed E-state index contributed by atoms with van der Waals surface area (Å²) >= 11 is 1.77.